The van der Waals surface area contributed by atoms with E-state index < -0.39 is 0 Å². The van der Waals surface area contributed by atoms with Crippen molar-refractivity contribution in [2.45, 2.75) is 13.3 Å². The van der Waals surface area contributed by atoms with Gasteiger partial charge in [0.2, 0.25) is 0 Å². The van der Waals surface area contributed by atoms with E-state index in [0.717, 1.165) is 25.5 Å². The van der Waals surface area contributed by atoms with Crippen molar-refractivity contribution >= 4 is 5.96 Å². The zero-order valence-electron chi connectivity index (χ0n) is 10.4. The third kappa shape index (κ3) is 4.34. The first-order valence-corrected chi connectivity index (χ1v) is 5.73. The van der Waals surface area contributed by atoms with Crippen molar-refractivity contribution < 1.29 is 0 Å². The van der Waals surface area contributed by atoms with Crippen LogP contribution in [0.25, 0.3) is 0 Å². The molecule has 0 unspecified atom stereocenters. The molecule has 0 amide bonds. The maximum absolute atomic E-state index is 4.54. The SMILES string of the molecule is CCNC(=NCCc1ccccc1)N(C)C. The van der Waals surface area contributed by atoms with Gasteiger partial charge >= 0.3 is 0 Å². The third-order valence-electron chi connectivity index (χ3n) is 2.26. The van der Waals surface area contributed by atoms with Gasteiger partial charge in [-0.05, 0) is 18.9 Å². The van der Waals surface area contributed by atoms with Gasteiger partial charge in [0.05, 0.1) is 0 Å². The van der Waals surface area contributed by atoms with Crippen molar-refractivity contribution in [2.75, 3.05) is 27.2 Å². The predicted molar refractivity (Wildman–Crippen MR) is 69.8 cm³/mol. The lowest BCUT2D eigenvalue weighted by atomic mass is 10.2. The van der Waals surface area contributed by atoms with E-state index in [9.17, 15) is 0 Å². The maximum Gasteiger partial charge on any atom is 0.193 e. The number of guanidine groups is 1. The topological polar surface area (TPSA) is 27.6 Å². The minimum atomic E-state index is 0.824. The summed E-state index contributed by atoms with van der Waals surface area (Å²) in [5.74, 6) is 0.957. The highest BCUT2D eigenvalue weighted by molar-refractivity contribution is 5.79. The van der Waals surface area contributed by atoms with Gasteiger partial charge in [-0.15, -0.1) is 0 Å². The predicted octanol–water partition coefficient (Wildman–Crippen LogP) is 1.76. The van der Waals surface area contributed by atoms with Gasteiger partial charge in [0.15, 0.2) is 5.96 Å². The van der Waals surface area contributed by atoms with Gasteiger partial charge in [-0.1, -0.05) is 30.3 Å². The molecule has 3 nitrogen and oxygen atoms in total. The van der Waals surface area contributed by atoms with E-state index in [4.69, 9.17) is 0 Å². The molecule has 0 atom stereocenters. The Morgan fingerprint density at radius 2 is 1.94 bits per heavy atom. The first-order chi connectivity index (χ1) is 7.74. The van der Waals surface area contributed by atoms with Gasteiger partial charge in [-0.25, -0.2) is 0 Å². The van der Waals surface area contributed by atoms with E-state index >= 15 is 0 Å². The van der Waals surface area contributed by atoms with E-state index in [1.165, 1.54) is 5.56 Å². The summed E-state index contributed by atoms with van der Waals surface area (Å²) < 4.78 is 0. The number of hydrogen-bond donors (Lipinski definition) is 1. The minimum Gasteiger partial charge on any atom is -0.357 e. The Morgan fingerprint density at radius 3 is 2.50 bits per heavy atom. The smallest absolute Gasteiger partial charge is 0.193 e. The summed E-state index contributed by atoms with van der Waals surface area (Å²) in [4.78, 5) is 6.55. The highest BCUT2D eigenvalue weighted by Crippen LogP contribution is 1.99. The zero-order chi connectivity index (χ0) is 11.8. The summed E-state index contributed by atoms with van der Waals surface area (Å²) >= 11 is 0. The third-order valence-corrected chi connectivity index (χ3v) is 2.26. The van der Waals surface area contributed by atoms with Crippen LogP contribution < -0.4 is 5.32 Å². The standard InChI is InChI=1S/C13H21N3/c1-4-14-13(16(2)3)15-11-10-12-8-6-5-7-9-12/h5-9H,4,10-11H2,1-3H3,(H,14,15). The average molecular weight is 219 g/mol. The normalized spacial score (nSPS) is 11.3. The molecule has 0 aliphatic carbocycles. The summed E-state index contributed by atoms with van der Waals surface area (Å²) in [6.07, 6.45) is 0.990. The molecule has 16 heavy (non-hydrogen) atoms. The van der Waals surface area contributed by atoms with Crippen molar-refractivity contribution in [3.8, 4) is 0 Å². The number of aliphatic imine (C=N–C) groups is 1. The number of rotatable bonds is 4. The molecule has 1 N–H and O–H groups in total. The molecule has 0 spiro atoms. The molecule has 0 bridgehead atoms. The molecule has 0 radical (unpaired) electrons. The van der Waals surface area contributed by atoms with Crippen LogP contribution in [-0.2, 0) is 6.42 Å². The van der Waals surface area contributed by atoms with Crippen LogP contribution >= 0.6 is 0 Å². The van der Waals surface area contributed by atoms with Crippen molar-refractivity contribution in [3.05, 3.63) is 35.9 Å². The van der Waals surface area contributed by atoms with Gasteiger partial charge in [-0.3, -0.25) is 4.99 Å². The van der Waals surface area contributed by atoms with E-state index in [2.05, 4.69) is 41.5 Å². The molecular formula is C13H21N3. The Balaban J connectivity index is 2.45. The first-order valence-electron chi connectivity index (χ1n) is 5.73. The van der Waals surface area contributed by atoms with E-state index in [0.29, 0.717) is 0 Å². The van der Waals surface area contributed by atoms with E-state index in [-0.39, 0.29) is 0 Å². The zero-order valence-corrected chi connectivity index (χ0v) is 10.4. The molecule has 0 saturated carbocycles. The lowest BCUT2D eigenvalue weighted by Gasteiger charge is -2.16. The fraction of sp³-hybridized carbons (Fsp3) is 0.462. The summed E-state index contributed by atoms with van der Waals surface area (Å²) in [6, 6.07) is 10.4. The molecule has 0 aromatic heterocycles. The highest BCUT2D eigenvalue weighted by atomic mass is 15.3. The van der Waals surface area contributed by atoms with Crippen LogP contribution in [-0.4, -0.2) is 38.0 Å². The van der Waals surface area contributed by atoms with Crippen molar-refractivity contribution in [2.24, 2.45) is 4.99 Å². The molecule has 0 aliphatic heterocycles. The van der Waals surface area contributed by atoms with Crippen LogP contribution in [0.5, 0.6) is 0 Å². The molecule has 0 saturated heterocycles. The van der Waals surface area contributed by atoms with Gasteiger partial charge in [0, 0.05) is 27.2 Å². The molecule has 0 heterocycles. The second-order valence-corrected chi connectivity index (χ2v) is 3.87. The fourth-order valence-corrected chi connectivity index (χ4v) is 1.45. The van der Waals surface area contributed by atoms with Gasteiger partial charge in [0.25, 0.3) is 0 Å². The second-order valence-electron chi connectivity index (χ2n) is 3.87. The minimum absolute atomic E-state index is 0.824. The lowest BCUT2D eigenvalue weighted by molar-refractivity contribution is 0.583. The Morgan fingerprint density at radius 1 is 1.25 bits per heavy atom. The average Bonchev–Trinajstić information content (AvgIpc) is 2.29. The monoisotopic (exact) mass is 219 g/mol. The highest BCUT2D eigenvalue weighted by Gasteiger charge is 1.98. The maximum atomic E-state index is 4.54. The number of nitrogens with one attached hydrogen (secondary N) is 1. The molecule has 0 fully saturated rings. The second kappa shape index (κ2) is 6.88. The summed E-state index contributed by atoms with van der Waals surface area (Å²) in [6.45, 7) is 3.81. The van der Waals surface area contributed by atoms with Crippen LogP contribution in [0.2, 0.25) is 0 Å². The molecule has 1 aromatic rings. The molecule has 1 rings (SSSR count). The number of nitrogens with zero attached hydrogens (tertiary/aromatic N) is 2. The van der Waals surface area contributed by atoms with Gasteiger partial charge < -0.3 is 10.2 Å². The lowest BCUT2D eigenvalue weighted by Crippen LogP contribution is -2.36. The molecule has 88 valence electrons. The van der Waals surface area contributed by atoms with Crippen LogP contribution in [0.4, 0.5) is 0 Å². The summed E-state index contributed by atoms with van der Waals surface area (Å²) in [5.41, 5.74) is 1.33. The van der Waals surface area contributed by atoms with Crippen LogP contribution in [0.3, 0.4) is 0 Å². The largest absolute Gasteiger partial charge is 0.357 e. The van der Waals surface area contributed by atoms with E-state index in [1.807, 2.05) is 25.1 Å². The van der Waals surface area contributed by atoms with Crippen molar-refractivity contribution in [3.63, 3.8) is 0 Å². The van der Waals surface area contributed by atoms with Crippen LogP contribution in [0.1, 0.15) is 12.5 Å². The van der Waals surface area contributed by atoms with Gasteiger partial charge in [-0.2, -0.15) is 0 Å². The molecular weight excluding hydrogens is 198 g/mol. The van der Waals surface area contributed by atoms with Crippen molar-refractivity contribution in [1.82, 2.24) is 10.2 Å². The van der Waals surface area contributed by atoms with E-state index in [1.54, 1.807) is 0 Å². The summed E-state index contributed by atoms with van der Waals surface area (Å²) in [7, 11) is 4.01. The molecule has 3 heteroatoms. The number of benzene rings is 1. The Hall–Kier alpha value is -1.51. The number of hydrogen-bond acceptors (Lipinski definition) is 1. The fourth-order valence-electron chi connectivity index (χ4n) is 1.45. The van der Waals surface area contributed by atoms with Crippen molar-refractivity contribution in [1.29, 1.82) is 0 Å². The summed E-state index contributed by atoms with van der Waals surface area (Å²) in [5, 5.41) is 3.24. The quantitative estimate of drug-likeness (QED) is 0.617. The first kappa shape index (κ1) is 12.6. The molecule has 0 aliphatic rings. The Kier molecular flexibility index (Phi) is 5.40. The molecule has 1 aromatic carbocycles. The Bertz CT molecular complexity index is 317. The Labute approximate surface area is 98.2 Å². The van der Waals surface area contributed by atoms with Gasteiger partial charge in [0.1, 0.15) is 0 Å². The van der Waals surface area contributed by atoms with Crippen LogP contribution in [0.15, 0.2) is 35.3 Å². The van der Waals surface area contributed by atoms with Crippen LogP contribution in [0, 0.1) is 0 Å².